The van der Waals surface area contributed by atoms with Crippen molar-refractivity contribution in [1.82, 2.24) is 9.29 Å². The van der Waals surface area contributed by atoms with Crippen molar-refractivity contribution in [3.63, 3.8) is 0 Å². The molecule has 8 heteroatoms. The first kappa shape index (κ1) is 22.3. The van der Waals surface area contributed by atoms with Crippen LogP contribution in [0.25, 0.3) is 10.9 Å². The third kappa shape index (κ3) is 5.00. The highest BCUT2D eigenvalue weighted by Gasteiger charge is 2.21. The van der Waals surface area contributed by atoms with Gasteiger partial charge in [0.2, 0.25) is 15.9 Å². The third-order valence-electron chi connectivity index (χ3n) is 4.70. The van der Waals surface area contributed by atoms with E-state index in [4.69, 9.17) is 0 Å². The van der Waals surface area contributed by atoms with E-state index in [0.29, 0.717) is 18.8 Å². The summed E-state index contributed by atoms with van der Waals surface area (Å²) in [5.74, 6) is -0.172. The standard InChI is InChI=1S/C22H25N3O3S2/c1-4-25(5-2)30(27,28)19-13-11-18(12-14-19)23-22(26)16(3)29-21-15-10-17-8-6-7-9-20(17)24-21/h6-16H,4-5H2,1-3H3,(H,23,26). The fourth-order valence-corrected chi connectivity index (χ4v) is 5.30. The molecule has 1 heterocycles. The molecule has 0 bridgehead atoms. The number of thioether (sulfide) groups is 1. The van der Waals surface area contributed by atoms with Gasteiger partial charge in [0.15, 0.2) is 0 Å². The number of aromatic nitrogens is 1. The van der Waals surface area contributed by atoms with Gasteiger partial charge in [-0.2, -0.15) is 4.31 Å². The van der Waals surface area contributed by atoms with E-state index >= 15 is 0 Å². The van der Waals surface area contributed by atoms with Crippen LogP contribution in [0.15, 0.2) is 70.6 Å². The van der Waals surface area contributed by atoms with E-state index in [2.05, 4.69) is 10.3 Å². The summed E-state index contributed by atoms with van der Waals surface area (Å²) < 4.78 is 26.5. The molecule has 1 atom stereocenters. The average Bonchev–Trinajstić information content (AvgIpc) is 2.74. The third-order valence-corrected chi connectivity index (χ3v) is 7.81. The van der Waals surface area contributed by atoms with Crippen LogP contribution in [0, 0.1) is 0 Å². The van der Waals surface area contributed by atoms with Crippen LogP contribution >= 0.6 is 11.8 Å². The second-order valence-corrected chi connectivity index (χ2v) is 10.0. The zero-order valence-electron chi connectivity index (χ0n) is 17.2. The molecule has 0 saturated carbocycles. The number of para-hydroxylation sites is 1. The van der Waals surface area contributed by atoms with Gasteiger partial charge in [-0.05, 0) is 43.3 Å². The summed E-state index contributed by atoms with van der Waals surface area (Å²) in [6.45, 7) is 6.25. The molecule has 30 heavy (non-hydrogen) atoms. The first-order chi connectivity index (χ1) is 14.3. The smallest absolute Gasteiger partial charge is 0.243 e. The Kier molecular flexibility index (Phi) is 7.12. The zero-order valence-corrected chi connectivity index (χ0v) is 18.8. The molecule has 1 unspecified atom stereocenters. The largest absolute Gasteiger partial charge is 0.325 e. The molecule has 0 aliphatic carbocycles. The van der Waals surface area contributed by atoms with Gasteiger partial charge in [0.05, 0.1) is 20.7 Å². The van der Waals surface area contributed by atoms with Crippen LogP contribution in [0.5, 0.6) is 0 Å². The SMILES string of the molecule is CCN(CC)S(=O)(=O)c1ccc(NC(=O)C(C)Sc2ccc3ccccc3n2)cc1. The maximum Gasteiger partial charge on any atom is 0.243 e. The molecule has 0 aliphatic heterocycles. The molecule has 3 rings (SSSR count). The molecular formula is C22H25N3O3S2. The number of hydrogen-bond acceptors (Lipinski definition) is 5. The number of sulfonamides is 1. The lowest BCUT2D eigenvalue weighted by Crippen LogP contribution is -2.30. The van der Waals surface area contributed by atoms with Crippen LogP contribution in [0.1, 0.15) is 20.8 Å². The fourth-order valence-electron chi connectivity index (χ4n) is 3.01. The number of carbonyl (C=O) groups excluding carboxylic acids is 1. The lowest BCUT2D eigenvalue weighted by molar-refractivity contribution is -0.115. The van der Waals surface area contributed by atoms with E-state index in [-0.39, 0.29) is 16.1 Å². The van der Waals surface area contributed by atoms with Crippen LogP contribution in [-0.4, -0.2) is 42.0 Å². The minimum Gasteiger partial charge on any atom is -0.325 e. The molecule has 6 nitrogen and oxygen atoms in total. The van der Waals surface area contributed by atoms with Gasteiger partial charge in [-0.3, -0.25) is 4.79 Å². The highest BCUT2D eigenvalue weighted by atomic mass is 32.2. The van der Waals surface area contributed by atoms with Gasteiger partial charge < -0.3 is 5.32 Å². The van der Waals surface area contributed by atoms with Crippen LogP contribution < -0.4 is 5.32 Å². The van der Waals surface area contributed by atoms with Crippen molar-refractivity contribution in [2.45, 2.75) is 35.9 Å². The number of rotatable bonds is 8. The lowest BCUT2D eigenvalue weighted by Gasteiger charge is -2.18. The average molecular weight is 444 g/mol. The van der Waals surface area contributed by atoms with Crippen LogP contribution in [0.2, 0.25) is 0 Å². The molecule has 0 fully saturated rings. The predicted molar refractivity (Wildman–Crippen MR) is 122 cm³/mol. The molecule has 0 aliphatic rings. The molecule has 2 aromatic carbocycles. The molecular weight excluding hydrogens is 418 g/mol. The number of nitrogens with one attached hydrogen (secondary N) is 1. The Labute approximate surface area is 181 Å². The van der Waals surface area contributed by atoms with Gasteiger partial charge in [-0.25, -0.2) is 13.4 Å². The molecule has 0 saturated heterocycles. The number of hydrogen-bond donors (Lipinski definition) is 1. The number of benzene rings is 2. The summed E-state index contributed by atoms with van der Waals surface area (Å²) in [6, 6.07) is 18.0. The Hall–Kier alpha value is -2.42. The molecule has 1 amide bonds. The highest BCUT2D eigenvalue weighted by molar-refractivity contribution is 8.00. The molecule has 0 radical (unpaired) electrons. The van der Waals surface area contributed by atoms with E-state index in [1.165, 1.54) is 28.2 Å². The Morgan fingerprint density at radius 2 is 1.70 bits per heavy atom. The van der Waals surface area contributed by atoms with Crippen molar-refractivity contribution in [3.8, 4) is 0 Å². The Balaban J connectivity index is 1.66. The lowest BCUT2D eigenvalue weighted by atomic mass is 10.2. The number of anilines is 1. The summed E-state index contributed by atoms with van der Waals surface area (Å²) in [5.41, 5.74) is 1.44. The van der Waals surface area contributed by atoms with Crippen LogP contribution in [-0.2, 0) is 14.8 Å². The monoisotopic (exact) mass is 443 g/mol. The number of pyridine rings is 1. The Bertz CT molecular complexity index is 1130. The normalized spacial score (nSPS) is 12.8. The van der Waals surface area contributed by atoms with Gasteiger partial charge in [-0.15, -0.1) is 0 Å². The van der Waals surface area contributed by atoms with Gasteiger partial charge in [-0.1, -0.05) is 49.9 Å². The molecule has 1 aromatic heterocycles. The van der Waals surface area contributed by atoms with Crippen molar-refractivity contribution in [1.29, 1.82) is 0 Å². The second-order valence-electron chi connectivity index (χ2n) is 6.71. The maximum absolute atomic E-state index is 12.6. The Morgan fingerprint density at radius 3 is 2.37 bits per heavy atom. The zero-order chi connectivity index (χ0) is 21.7. The number of fused-ring (bicyclic) bond motifs is 1. The first-order valence-electron chi connectivity index (χ1n) is 9.78. The number of carbonyl (C=O) groups is 1. The molecule has 158 valence electrons. The molecule has 0 spiro atoms. The molecule has 1 N–H and O–H groups in total. The fraction of sp³-hybridized carbons (Fsp3) is 0.273. The summed E-state index contributed by atoms with van der Waals surface area (Å²) in [4.78, 5) is 17.4. The van der Waals surface area contributed by atoms with Gasteiger partial charge in [0, 0.05) is 24.2 Å². The highest BCUT2D eigenvalue weighted by Crippen LogP contribution is 2.25. The van der Waals surface area contributed by atoms with E-state index in [0.717, 1.165) is 15.9 Å². The number of amides is 1. The van der Waals surface area contributed by atoms with Crippen molar-refractivity contribution in [3.05, 3.63) is 60.7 Å². The number of nitrogens with zero attached hydrogens (tertiary/aromatic N) is 2. The summed E-state index contributed by atoms with van der Waals surface area (Å²) in [7, 11) is -3.51. The minimum atomic E-state index is -3.51. The van der Waals surface area contributed by atoms with E-state index in [9.17, 15) is 13.2 Å². The maximum atomic E-state index is 12.6. The van der Waals surface area contributed by atoms with Crippen molar-refractivity contribution < 1.29 is 13.2 Å². The second kappa shape index (κ2) is 9.59. The summed E-state index contributed by atoms with van der Waals surface area (Å²) in [6.07, 6.45) is 0. The topological polar surface area (TPSA) is 79.4 Å². The first-order valence-corrected chi connectivity index (χ1v) is 12.1. The Morgan fingerprint density at radius 1 is 1.03 bits per heavy atom. The van der Waals surface area contributed by atoms with Crippen molar-refractivity contribution in [2.24, 2.45) is 0 Å². The minimum absolute atomic E-state index is 0.172. The van der Waals surface area contributed by atoms with Crippen LogP contribution in [0.3, 0.4) is 0 Å². The van der Waals surface area contributed by atoms with Crippen LogP contribution in [0.4, 0.5) is 5.69 Å². The quantitative estimate of drug-likeness (QED) is 0.523. The van der Waals surface area contributed by atoms with Gasteiger partial charge in [0.25, 0.3) is 0 Å². The summed E-state index contributed by atoms with van der Waals surface area (Å²) in [5, 5.41) is 4.31. The van der Waals surface area contributed by atoms with Gasteiger partial charge in [0.1, 0.15) is 0 Å². The predicted octanol–water partition coefficient (Wildman–Crippen LogP) is 4.38. The van der Waals surface area contributed by atoms with E-state index < -0.39 is 10.0 Å². The van der Waals surface area contributed by atoms with E-state index in [1.54, 1.807) is 26.0 Å². The van der Waals surface area contributed by atoms with E-state index in [1.807, 2.05) is 43.3 Å². The summed E-state index contributed by atoms with van der Waals surface area (Å²) >= 11 is 1.38. The molecule has 3 aromatic rings. The van der Waals surface area contributed by atoms with Gasteiger partial charge >= 0.3 is 0 Å². The van der Waals surface area contributed by atoms with Crippen molar-refractivity contribution in [2.75, 3.05) is 18.4 Å². The van der Waals surface area contributed by atoms with Crippen molar-refractivity contribution >= 4 is 44.3 Å².